The van der Waals surface area contributed by atoms with Crippen LogP contribution in [0.15, 0.2) is 0 Å². The van der Waals surface area contributed by atoms with Gasteiger partial charge in [-0.3, -0.25) is 4.79 Å². The van der Waals surface area contributed by atoms with Gasteiger partial charge < -0.3 is 5.73 Å². The lowest BCUT2D eigenvalue weighted by Crippen LogP contribution is -2.31. The maximum atomic E-state index is 12.2. The maximum Gasteiger partial charge on any atom is 0.294 e. The molecule has 1 rings (SSSR count). The van der Waals surface area contributed by atoms with Crippen molar-refractivity contribution in [2.75, 3.05) is 0 Å². The van der Waals surface area contributed by atoms with Gasteiger partial charge in [0.2, 0.25) is 0 Å². The van der Waals surface area contributed by atoms with Crippen molar-refractivity contribution in [2.24, 2.45) is 5.73 Å². The second kappa shape index (κ2) is 1.22. The molecule has 0 heterocycles. The largest absolute Gasteiger partial charge is 0.367 e. The van der Waals surface area contributed by atoms with Crippen LogP contribution >= 0.6 is 0 Å². The second-order valence-corrected chi connectivity index (χ2v) is 2.05. The monoisotopic (exact) mass is 139 g/mol. The lowest BCUT2D eigenvalue weighted by Gasteiger charge is -1.97. The summed E-state index contributed by atoms with van der Waals surface area (Å²) in [5.74, 6) is -5.09. The molecule has 1 aliphatic carbocycles. The van der Waals surface area contributed by atoms with Crippen molar-refractivity contribution in [3.05, 3.63) is 0 Å². The van der Waals surface area contributed by atoms with Gasteiger partial charge in [0.25, 0.3) is 17.5 Å². The van der Waals surface area contributed by atoms with Gasteiger partial charge in [-0.05, 0) is 0 Å². The van der Waals surface area contributed by atoms with Gasteiger partial charge in [0.05, 0.1) is 6.42 Å². The lowest BCUT2D eigenvalue weighted by atomic mass is 10.3. The van der Waals surface area contributed by atoms with E-state index in [4.69, 9.17) is 0 Å². The molecule has 2 nitrogen and oxygen atoms in total. The zero-order valence-corrected chi connectivity index (χ0v) is 4.33. The Hall–Kier alpha value is -0.740. The van der Waals surface area contributed by atoms with Crippen LogP contribution in [-0.2, 0) is 4.79 Å². The molecule has 0 aliphatic heterocycles. The van der Waals surface area contributed by atoms with Gasteiger partial charge >= 0.3 is 0 Å². The Morgan fingerprint density at radius 2 is 1.78 bits per heavy atom. The fourth-order valence-corrected chi connectivity index (χ4v) is 0.529. The summed E-state index contributed by atoms with van der Waals surface area (Å²) in [6.07, 6.45) is -1.06. The molecule has 52 valence electrons. The van der Waals surface area contributed by atoms with Crippen LogP contribution in [0.5, 0.6) is 0 Å². The van der Waals surface area contributed by atoms with Gasteiger partial charge in [0.15, 0.2) is 0 Å². The molecule has 1 saturated carbocycles. The van der Waals surface area contributed by atoms with Crippen LogP contribution in [0.3, 0.4) is 0 Å². The Morgan fingerprint density at radius 1 is 1.44 bits per heavy atom. The summed E-state index contributed by atoms with van der Waals surface area (Å²) in [6, 6.07) is 0. The quantitative estimate of drug-likeness (QED) is 0.554. The molecule has 0 aromatic rings. The van der Waals surface area contributed by atoms with E-state index in [2.05, 4.69) is 5.73 Å². The minimum absolute atomic E-state index is 1.06. The number of rotatable bonds is 1. The molecular weight excluding hydrogens is 135 g/mol. The summed E-state index contributed by atoms with van der Waals surface area (Å²) in [5, 5.41) is 0. The fraction of sp³-hybridized carbons (Fsp3) is 0.750. The summed E-state index contributed by atoms with van der Waals surface area (Å²) < 4.78 is 35.7. The maximum absolute atomic E-state index is 12.2. The number of amides is 1. The number of halogens is 3. The molecule has 1 fully saturated rings. The Morgan fingerprint density at radius 3 is 1.78 bits per heavy atom. The summed E-state index contributed by atoms with van der Waals surface area (Å²) in [5.41, 5.74) is 1.27. The molecule has 0 aromatic carbocycles. The highest BCUT2D eigenvalue weighted by Gasteiger charge is 2.77. The van der Waals surface area contributed by atoms with E-state index in [1.807, 2.05) is 0 Å². The van der Waals surface area contributed by atoms with Crippen molar-refractivity contribution in [3.63, 3.8) is 0 Å². The molecule has 1 unspecified atom stereocenters. The Kier molecular flexibility index (Phi) is 0.866. The number of nitrogens with two attached hydrogens (primary N) is 1. The number of hydrogen-bond acceptors (Lipinski definition) is 1. The number of carbonyl (C=O) groups is 1. The minimum atomic E-state index is -3.52. The van der Waals surface area contributed by atoms with E-state index in [0.29, 0.717) is 0 Å². The van der Waals surface area contributed by atoms with Crippen LogP contribution in [-0.4, -0.2) is 17.5 Å². The molecule has 5 heteroatoms. The van der Waals surface area contributed by atoms with Gasteiger partial charge in [0.1, 0.15) is 0 Å². The average molecular weight is 139 g/mol. The highest BCUT2D eigenvalue weighted by molar-refractivity contribution is 5.88. The van der Waals surface area contributed by atoms with E-state index >= 15 is 0 Å². The predicted octanol–water partition coefficient (Wildman–Crippen LogP) is 0.219. The first-order valence-electron chi connectivity index (χ1n) is 2.27. The van der Waals surface area contributed by atoms with Gasteiger partial charge in [-0.1, -0.05) is 0 Å². The molecule has 1 amide bonds. The predicted molar refractivity (Wildman–Crippen MR) is 22.6 cm³/mol. The number of carbonyl (C=O) groups excluding carboxylic acids is 1. The smallest absolute Gasteiger partial charge is 0.294 e. The summed E-state index contributed by atoms with van der Waals surface area (Å²) in [7, 11) is 0. The van der Waals surface area contributed by atoms with Crippen molar-refractivity contribution in [3.8, 4) is 0 Å². The second-order valence-electron chi connectivity index (χ2n) is 2.05. The number of primary amides is 1. The Labute approximate surface area is 48.8 Å². The summed E-state index contributed by atoms with van der Waals surface area (Å²) >= 11 is 0. The number of alkyl halides is 3. The molecule has 0 spiro atoms. The SMILES string of the molecule is NC(=O)C1(F)CC1(F)F. The van der Waals surface area contributed by atoms with Crippen LogP contribution in [0, 0.1) is 0 Å². The highest BCUT2D eigenvalue weighted by atomic mass is 19.3. The zero-order chi connectivity index (χ0) is 7.28. The van der Waals surface area contributed by atoms with Gasteiger partial charge in [-0.25, -0.2) is 13.2 Å². The molecule has 9 heavy (non-hydrogen) atoms. The first kappa shape index (κ1) is 6.38. The van der Waals surface area contributed by atoms with E-state index in [0.717, 1.165) is 0 Å². The van der Waals surface area contributed by atoms with Gasteiger partial charge in [-0.2, -0.15) is 0 Å². The third-order valence-electron chi connectivity index (χ3n) is 1.31. The Balaban J connectivity index is 2.74. The van der Waals surface area contributed by atoms with Crippen LogP contribution in [0.2, 0.25) is 0 Å². The van der Waals surface area contributed by atoms with Crippen LogP contribution in [0.25, 0.3) is 0 Å². The van der Waals surface area contributed by atoms with Crippen molar-refractivity contribution in [2.45, 2.75) is 18.0 Å². The molecule has 0 saturated heterocycles. The van der Waals surface area contributed by atoms with Crippen molar-refractivity contribution < 1.29 is 18.0 Å². The van der Waals surface area contributed by atoms with E-state index in [1.165, 1.54) is 0 Å². The first-order chi connectivity index (χ1) is 3.90. The fourth-order valence-electron chi connectivity index (χ4n) is 0.529. The van der Waals surface area contributed by atoms with Crippen LogP contribution < -0.4 is 5.73 Å². The van der Waals surface area contributed by atoms with Gasteiger partial charge in [-0.15, -0.1) is 0 Å². The molecule has 1 aliphatic rings. The van der Waals surface area contributed by atoms with E-state index < -0.39 is 23.9 Å². The number of hydrogen-bond donors (Lipinski definition) is 1. The van der Waals surface area contributed by atoms with Crippen molar-refractivity contribution >= 4 is 5.91 Å². The molecule has 0 radical (unpaired) electrons. The minimum Gasteiger partial charge on any atom is -0.367 e. The lowest BCUT2D eigenvalue weighted by molar-refractivity contribution is -0.128. The molecule has 0 aromatic heterocycles. The normalized spacial score (nSPS) is 38.1. The summed E-state index contributed by atoms with van der Waals surface area (Å²) in [6.45, 7) is 0. The zero-order valence-electron chi connectivity index (χ0n) is 4.33. The van der Waals surface area contributed by atoms with E-state index in [9.17, 15) is 18.0 Å². The molecule has 1 atom stereocenters. The van der Waals surface area contributed by atoms with Crippen LogP contribution in [0.4, 0.5) is 13.2 Å². The summed E-state index contributed by atoms with van der Waals surface area (Å²) in [4.78, 5) is 9.87. The first-order valence-corrected chi connectivity index (χ1v) is 2.27. The molecule has 2 N–H and O–H groups in total. The average Bonchev–Trinajstić information content (AvgIpc) is 2.08. The van der Waals surface area contributed by atoms with Gasteiger partial charge in [0, 0.05) is 0 Å². The van der Waals surface area contributed by atoms with E-state index in [1.54, 1.807) is 0 Å². The third-order valence-corrected chi connectivity index (χ3v) is 1.31. The Bertz CT molecular complexity index is 169. The molecular formula is C4H4F3NO. The van der Waals surface area contributed by atoms with Crippen molar-refractivity contribution in [1.82, 2.24) is 0 Å². The topological polar surface area (TPSA) is 43.1 Å². The van der Waals surface area contributed by atoms with Crippen LogP contribution in [0.1, 0.15) is 6.42 Å². The van der Waals surface area contributed by atoms with Crippen molar-refractivity contribution in [1.29, 1.82) is 0 Å². The third kappa shape index (κ3) is 0.602. The standard InChI is InChI=1S/C4H4F3NO/c5-3(2(8)9)1-4(3,6)7/h1H2,(H2,8,9). The molecule has 0 bridgehead atoms. The van der Waals surface area contributed by atoms with E-state index in [-0.39, 0.29) is 0 Å². The highest BCUT2D eigenvalue weighted by Crippen LogP contribution is 2.55.